The second-order valence-electron chi connectivity index (χ2n) is 0.105. The van der Waals surface area contributed by atoms with Crippen LogP contribution in [0.5, 0.6) is 0 Å². The van der Waals surface area contributed by atoms with Crippen LogP contribution < -0.4 is 0 Å². The number of carbonyl (C=O) groups is 1. The van der Waals surface area contributed by atoms with Crippen molar-refractivity contribution in [2.75, 3.05) is 0 Å². The smallest absolute Gasteiger partial charge is 0.290 e. The largest absolute Gasteiger partial charge is 0.483 e. The van der Waals surface area contributed by atoms with E-state index in [9.17, 15) is 0 Å². The van der Waals surface area contributed by atoms with Crippen LogP contribution in [0.15, 0.2) is 0 Å². The van der Waals surface area contributed by atoms with Gasteiger partial charge in [-0.2, -0.15) is 0 Å². The summed E-state index contributed by atoms with van der Waals surface area (Å²) in [6.07, 6.45) is 0. The molecule has 0 atom stereocenters. The van der Waals surface area contributed by atoms with E-state index in [1.165, 1.54) is 0 Å². The molecule has 0 saturated heterocycles. The van der Waals surface area contributed by atoms with Gasteiger partial charge < -0.3 is 5.11 Å². The fraction of sp³-hybridized carbons (Fsp3) is 0. The minimum atomic E-state index is -0.250. The van der Waals surface area contributed by atoms with E-state index in [4.69, 9.17) is 9.90 Å². The Morgan fingerprint density at radius 3 is 1.75 bits per heavy atom. The normalized spacial score (nSPS) is 3.00. The molecule has 0 bridgehead atoms. The highest BCUT2D eigenvalue weighted by Crippen LogP contribution is 0.966. The summed E-state index contributed by atoms with van der Waals surface area (Å²) in [6, 6.07) is 0. The summed E-state index contributed by atoms with van der Waals surface area (Å²) in [5, 5.41) is 6.89. The monoisotopic (exact) mass is 62.0 g/mol. The summed E-state index contributed by atoms with van der Waals surface area (Å²) in [4.78, 5) is 8.36. The van der Waals surface area contributed by atoms with Crippen molar-refractivity contribution >= 4 is 6.47 Å². The molecule has 0 aromatic heterocycles. The van der Waals surface area contributed by atoms with Crippen molar-refractivity contribution in [3.05, 3.63) is 0 Å². The Bertz CT molecular complexity index is 10.8. The summed E-state index contributed by atoms with van der Waals surface area (Å²) in [5.41, 5.74) is 0. The second-order valence-corrected chi connectivity index (χ2v) is 0.105. The van der Waals surface area contributed by atoms with Crippen molar-refractivity contribution in [1.82, 2.24) is 0 Å². The molecule has 4 heavy (non-hydrogen) atoms. The van der Waals surface area contributed by atoms with Crippen molar-refractivity contribution in [2.24, 2.45) is 0 Å². The van der Waals surface area contributed by atoms with Crippen LogP contribution in [0.25, 0.3) is 0 Å². The molecule has 3 nitrogen and oxygen atoms in total. The zero-order chi connectivity index (χ0) is 2.71. The molecular formula is CH2O3. The first-order chi connectivity index (χ1) is 1.41. The molecule has 0 aliphatic heterocycles. The van der Waals surface area contributed by atoms with E-state index in [0.29, 0.717) is 0 Å². The van der Waals surface area contributed by atoms with E-state index >= 15 is 0 Å². The molecule has 0 spiro atoms. The van der Waals surface area contributed by atoms with Crippen LogP contribution in [0.1, 0.15) is 0 Å². The Balaban J connectivity index is 0. The van der Waals surface area contributed by atoms with Crippen molar-refractivity contribution in [2.45, 2.75) is 0 Å². The van der Waals surface area contributed by atoms with Crippen LogP contribution in [0, 0.1) is 0 Å². The van der Waals surface area contributed by atoms with Gasteiger partial charge in [0.25, 0.3) is 6.47 Å². The molecule has 0 aliphatic rings. The lowest BCUT2D eigenvalue weighted by Crippen LogP contribution is -1.49. The Labute approximate surface area is 23.2 Å². The first-order valence-corrected chi connectivity index (χ1v) is 0.494. The molecule has 3 heteroatoms. The zero-order valence-electron chi connectivity index (χ0n) is 1.84. The van der Waals surface area contributed by atoms with Crippen molar-refractivity contribution < 1.29 is 15.4 Å². The number of carboxylic acid groups (broad SMARTS) is 1. The van der Waals surface area contributed by atoms with Gasteiger partial charge in [-0.3, -0.25) is 4.79 Å². The maximum atomic E-state index is 8.36. The van der Waals surface area contributed by atoms with Gasteiger partial charge in [-0.25, -0.2) is 0 Å². The van der Waals surface area contributed by atoms with Crippen LogP contribution >= 0.6 is 0 Å². The third kappa shape index (κ3) is 0.814. The molecule has 2 radical (unpaired) electrons. The molecular weight excluding hydrogens is 60.0 g/mol. The molecule has 0 aliphatic carbocycles. The molecule has 0 fully saturated rings. The predicted molar refractivity (Wildman–Crippen MR) is 9.38 cm³/mol. The third-order valence-corrected chi connectivity index (χ3v) is 0. The molecule has 0 amide bonds. The maximum absolute atomic E-state index is 8.36. The molecule has 0 aromatic rings. The Hall–Kier alpha value is -0.570. The number of rotatable bonds is 0. The molecule has 0 saturated carbocycles. The first kappa shape index (κ1) is 9.90. The van der Waals surface area contributed by atoms with Gasteiger partial charge in [0.15, 0.2) is 0 Å². The van der Waals surface area contributed by atoms with Crippen molar-refractivity contribution in [1.29, 1.82) is 0 Å². The summed E-state index contributed by atoms with van der Waals surface area (Å²) in [7, 11) is 0. The Morgan fingerprint density at radius 1 is 1.75 bits per heavy atom. The summed E-state index contributed by atoms with van der Waals surface area (Å²) < 4.78 is 0. The SMILES string of the molecule is O=CO.[O]. The lowest BCUT2D eigenvalue weighted by Gasteiger charge is -1.34. The highest BCUT2D eigenvalue weighted by molar-refractivity contribution is 5.32. The van der Waals surface area contributed by atoms with Gasteiger partial charge in [0.1, 0.15) is 0 Å². The van der Waals surface area contributed by atoms with Gasteiger partial charge in [-0.1, -0.05) is 0 Å². The predicted octanol–water partition coefficient (Wildman–Crippen LogP) is -0.418. The van der Waals surface area contributed by atoms with Crippen LogP contribution in [0.4, 0.5) is 0 Å². The first-order valence-electron chi connectivity index (χ1n) is 0.494. The van der Waals surface area contributed by atoms with Gasteiger partial charge >= 0.3 is 0 Å². The number of hydrogen-bond donors (Lipinski definition) is 1. The van der Waals surface area contributed by atoms with Gasteiger partial charge in [-0.05, 0) is 0 Å². The van der Waals surface area contributed by atoms with Crippen LogP contribution in [0.3, 0.4) is 0 Å². The fourth-order valence-electron chi connectivity index (χ4n) is 0. The summed E-state index contributed by atoms with van der Waals surface area (Å²) >= 11 is 0. The lowest BCUT2D eigenvalue weighted by molar-refractivity contribution is -0.122. The van der Waals surface area contributed by atoms with Crippen LogP contribution in [0.2, 0.25) is 0 Å². The van der Waals surface area contributed by atoms with Crippen molar-refractivity contribution in [3.63, 3.8) is 0 Å². The highest BCUT2D eigenvalue weighted by Gasteiger charge is 1.22. The van der Waals surface area contributed by atoms with Gasteiger partial charge in [0, 0.05) is 5.48 Å². The van der Waals surface area contributed by atoms with Gasteiger partial charge in [0.2, 0.25) is 0 Å². The average molecular weight is 62.0 g/mol. The lowest BCUT2D eigenvalue weighted by atomic mass is 11.7. The van der Waals surface area contributed by atoms with Crippen molar-refractivity contribution in [3.8, 4) is 0 Å². The molecule has 0 rings (SSSR count). The maximum Gasteiger partial charge on any atom is 0.290 e. The van der Waals surface area contributed by atoms with Gasteiger partial charge in [-0.15, -0.1) is 0 Å². The molecule has 1 N–H and O–H groups in total. The summed E-state index contributed by atoms with van der Waals surface area (Å²) in [6.45, 7) is -0.250. The van der Waals surface area contributed by atoms with Crippen LogP contribution in [-0.2, 0) is 10.3 Å². The van der Waals surface area contributed by atoms with Crippen LogP contribution in [-0.4, -0.2) is 11.6 Å². The van der Waals surface area contributed by atoms with Gasteiger partial charge in [0.05, 0.1) is 0 Å². The fourth-order valence-corrected chi connectivity index (χ4v) is 0. The zero-order valence-corrected chi connectivity index (χ0v) is 1.84. The van der Waals surface area contributed by atoms with E-state index < -0.39 is 0 Å². The van der Waals surface area contributed by atoms with E-state index in [2.05, 4.69) is 0 Å². The third-order valence-electron chi connectivity index (χ3n) is 0. The average Bonchev–Trinajstić information content (AvgIpc) is 0.918. The number of hydrogen-bond acceptors (Lipinski definition) is 1. The molecule has 24 valence electrons. The summed E-state index contributed by atoms with van der Waals surface area (Å²) in [5.74, 6) is 0. The quantitative estimate of drug-likeness (QED) is 0.387. The van der Waals surface area contributed by atoms with E-state index in [0.717, 1.165) is 0 Å². The molecule has 0 aromatic carbocycles. The van der Waals surface area contributed by atoms with E-state index in [-0.39, 0.29) is 11.9 Å². The van der Waals surface area contributed by atoms with E-state index in [1.807, 2.05) is 0 Å². The Morgan fingerprint density at radius 2 is 1.75 bits per heavy atom. The second kappa shape index (κ2) is 26.9. The minimum Gasteiger partial charge on any atom is -0.483 e. The minimum absolute atomic E-state index is 0. The molecule has 0 unspecified atom stereocenters. The van der Waals surface area contributed by atoms with E-state index in [1.54, 1.807) is 0 Å². The highest BCUT2D eigenvalue weighted by atomic mass is 16.3. The molecule has 0 heterocycles. The standard InChI is InChI=1S/CH2O2.O/c2-1-3;/h1H,(H,2,3);. The topological polar surface area (TPSA) is 65.8 Å². The Kier molecular flexibility index (Phi) is 66.5.